The average Bonchev–Trinajstić information content (AvgIpc) is 2.14. The molecule has 0 saturated heterocycles. The van der Waals surface area contributed by atoms with Crippen LogP contribution in [-0.2, 0) is 11.2 Å². The van der Waals surface area contributed by atoms with E-state index in [0.29, 0.717) is 5.56 Å². The van der Waals surface area contributed by atoms with Crippen molar-refractivity contribution in [2.75, 3.05) is 0 Å². The van der Waals surface area contributed by atoms with Crippen LogP contribution in [0.25, 0.3) is 0 Å². The zero-order chi connectivity index (χ0) is 11.5. The number of benzene rings is 1. The highest BCUT2D eigenvalue weighted by molar-refractivity contribution is 6.31. The van der Waals surface area contributed by atoms with Gasteiger partial charge in [0.25, 0.3) is 0 Å². The smallest absolute Gasteiger partial charge is 0.303 e. The SMILES string of the molecule is O=CC(Cc1ccccc1Cl)C(F)(F)F. The van der Waals surface area contributed by atoms with E-state index in [4.69, 9.17) is 11.6 Å². The molecule has 0 heterocycles. The fraction of sp³-hybridized carbons (Fsp3) is 0.300. The van der Waals surface area contributed by atoms with Crippen LogP contribution in [0.2, 0.25) is 5.02 Å². The van der Waals surface area contributed by atoms with E-state index in [-0.39, 0.29) is 11.3 Å². The van der Waals surface area contributed by atoms with E-state index < -0.39 is 18.5 Å². The summed E-state index contributed by atoms with van der Waals surface area (Å²) >= 11 is 5.69. The number of halogens is 4. The molecule has 1 rings (SSSR count). The van der Waals surface area contributed by atoms with Gasteiger partial charge in [-0.3, -0.25) is 0 Å². The lowest BCUT2D eigenvalue weighted by Gasteiger charge is -2.14. The molecule has 1 unspecified atom stereocenters. The van der Waals surface area contributed by atoms with Gasteiger partial charge in [0.15, 0.2) is 0 Å². The second-order valence-electron chi connectivity index (χ2n) is 3.08. The lowest BCUT2D eigenvalue weighted by molar-refractivity contribution is -0.174. The highest BCUT2D eigenvalue weighted by atomic mass is 35.5. The molecular formula is C10H8ClF3O. The first kappa shape index (κ1) is 12.0. The van der Waals surface area contributed by atoms with Gasteiger partial charge in [-0.1, -0.05) is 29.8 Å². The van der Waals surface area contributed by atoms with Crippen LogP contribution in [0.4, 0.5) is 13.2 Å². The Labute approximate surface area is 89.9 Å². The quantitative estimate of drug-likeness (QED) is 0.737. The fourth-order valence-corrected chi connectivity index (χ4v) is 1.35. The predicted octanol–water partition coefficient (Wildman–Crippen LogP) is 3.26. The largest absolute Gasteiger partial charge is 0.398 e. The molecule has 1 nitrogen and oxygen atoms in total. The van der Waals surface area contributed by atoms with Crippen molar-refractivity contribution >= 4 is 17.9 Å². The maximum atomic E-state index is 12.3. The summed E-state index contributed by atoms with van der Waals surface area (Å²) in [5.74, 6) is -1.99. The molecule has 0 aliphatic carbocycles. The molecule has 0 aromatic heterocycles. The summed E-state index contributed by atoms with van der Waals surface area (Å²) in [5.41, 5.74) is 0.327. The zero-order valence-corrected chi connectivity index (χ0v) is 8.35. The maximum Gasteiger partial charge on any atom is 0.398 e. The van der Waals surface area contributed by atoms with E-state index in [1.165, 1.54) is 12.1 Å². The second kappa shape index (κ2) is 4.66. The van der Waals surface area contributed by atoms with E-state index in [2.05, 4.69) is 0 Å². The highest BCUT2D eigenvalue weighted by Gasteiger charge is 2.39. The summed E-state index contributed by atoms with van der Waals surface area (Å²) in [6.07, 6.45) is -5.02. The van der Waals surface area contributed by atoms with E-state index in [1.807, 2.05) is 0 Å². The summed E-state index contributed by atoms with van der Waals surface area (Å²) in [6, 6.07) is 6.18. The van der Waals surface area contributed by atoms with Crippen molar-refractivity contribution in [2.24, 2.45) is 5.92 Å². The lowest BCUT2D eigenvalue weighted by atomic mass is 10.0. The molecule has 1 aromatic rings. The van der Waals surface area contributed by atoms with Gasteiger partial charge in [0.1, 0.15) is 12.2 Å². The molecule has 15 heavy (non-hydrogen) atoms. The number of hydrogen-bond acceptors (Lipinski definition) is 1. The molecule has 0 aliphatic rings. The van der Waals surface area contributed by atoms with Crippen molar-refractivity contribution in [2.45, 2.75) is 12.6 Å². The van der Waals surface area contributed by atoms with E-state index in [0.717, 1.165) is 0 Å². The van der Waals surface area contributed by atoms with E-state index >= 15 is 0 Å². The van der Waals surface area contributed by atoms with Crippen LogP contribution in [0.3, 0.4) is 0 Å². The lowest BCUT2D eigenvalue weighted by Crippen LogP contribution is -2.26. The van der Waals surface area contributed by atoms with Crippen molar-refractivity contribution in [1.82, 2.24) is 0 Å². The Hall–Kier alpha value is -1.03. The van der Waals surface area contributed by atoms with E-state index in [9.17, 15) is 18.0 Å². The van der Waals surface area contributed by atoms with Crippen LogP contribution in [0.1, 0.15) is 5.56 Å². The van der Waals surface area contributed by atoms with Crippen LogP contribution in [-0.4, -0.2) is 12.5 Å². The van der Waals surface area contributed by atoms with Gasteiger partial charge in [-0.2, -0.15) is 13.2 Å². The Kier molecular flexibility index (Phi) is 3.74. The molecule has 0 aliphatic heterocycles. The summed E-state index contributed by atoms with van der Waals surface area (Å²) in [4.78, 5) is 10.3. The molecule has 0 N–H and O–H groups in total. The topological polar surface area (TPSA) is 17.1 Å². The third-order valence-electron chi connectivity index (χ3n) is 1.98. The van der Waals surface area contributed by atoms with Gasteiger partial charge in [-0.05, 0) is 18.1 Å². The van der Waals surface area contributed by atoms with Crippen LogP contribution < -0.4 is 0 Å². The van der Waals surface area contributed by atoms with Gasteiger partial charge in [-0.15, -0.1) is 0 Å². The molecule has 0 saturated carbocycles. The Morgan fingerprint density at radius 3 is 2.40 bits per heavy atom. The van der Waals surface area contributed by atoms with Crippen molar-refractivity contribution in [1.29, 1.82) is 0 Å². The number of aldehydes is 1. The van der Waals surface area contributed by atoms with Crippen molar-refractivity contribution in [3.05, 3.63) is 34.9 Å². The first-order valence-corrected chi connectivity index (χ1v) is 4.58. The summed E-state index contributed by atoms with van der Waals surface area (Å²) in [6.45, 7) is 0. The number of carbonyl (C=O) groups excluding carboxylic acids is 1. The second-order valence-corrected chi connectivity index (χ2v) is 3.49. The minimum Gasteiger partial charge on any atom is -0.303 e. The standard InChI is InChI=1S/C10H8ClF3O/c11-9-4-2-1-3-7(9)5-8(6-15)10(12,13)14/h1-4,6,8H,5H2. The molecule has 0 radical (unpaired) electrons. The molecule has 82 valence electrons. The van der Waals surface area contributed by atoms with E-state index in [1.54, 1.807) is 12.1 Å². The zero-order valence-electron chi connectivity index (χ0n) is 7.59. The normalized spacial score (nSPS) is 13.6. The monoisotopic (exact) mass is 236 g/mol. The van der Waals surface area contributed by atoms with Crippen LogP contribution in [0, 0.1) is 5.92 Å². The first-order chi connectivity index (χ1) is 6.95. The average molecular weight is 237 g/mol. The summed E-state index contributed by atoms with van der Waals surface area (Å²) in [5, 5.41) is 0.244. The number of carbonyl (C=O) groups is 1. The third kappa shape index (κ3) is 3.23. The minimum absolute atomic E-state index is 0.0939. The maximum absolute atomic E-state index is 12.3. The van der Waals surface area contributed by atoms with Crippen LogP contribution in [0.15, 0.2) is 24.3 Å². The Bertz CT molecular complexity index is 349. The number of rotatable bonds is 3. The molecule has 1 atom stereocenters. The summed E-state index contributed by atoms with van der Waals surface area (Å²) < 4.78 is 36.8. The number of hydrogen-bond donors (Lipinski definition) is 0. The van der Waals surface area contributed by atoms with Gasteiger partial charge in [0.2, 0.25) is 0 Å². The molecule has 1 aromatic carbocycles. The van der Waals surface area contributed by atoms with Crippen molar-refractivity contribution in [3.8, 4) is 0 Å². The Morgan fingerprint density at radius 1 is 1.33 bits per heavy atom. The molecule has 0 bridgehead atoms. The summed E-state index contributed by atoms with van der Waals surface area (Å²) in [7, 11) is 0. The molecule has 0 fully saturated rings. The molecular weight excluding hydrogens is 229 g/mol. The molecule has 5 heteroatoms. The molecule has 0 amide bonds. The predicted molar refractivity (Wildman–Crippen MR) is 50.8 cm³/mol. The van der Waals surface area contributed by atoms with Crippen molar-refractivity contribution < 1.29 is 18.0 Å². The van der Waals surface area contributed by atoms with Gasteiger partial charge >= 0.3 is 6.18 Å². The van der Waals surface area contributed by atoms with Gasteiger partial charge < -0.3 is 4.79 Å². The van der Waals surface area contributed by atoms with Crippen LogP contribution >= 0.6 is 11.6 Å². The highest BCUT2D eigenvalue weighted by Crippen LogP contribution is 2.29. The third-order valence-corrected chi connectivity index (χ3v) is 2.35. The van der Waals surface area contributed by atoms with Gasteiger partial charge in [0, 0.05) is 5.02 Å². The number of alkyl halides is 3. The van der Waals surface area contributed by atoms with Gasteiger partial charge in [-0.25, -0.2) is 0 Å². The minimum atomic E-state index is -4.51. The Balaban J connectivity index is 2.85. The Morgan fingerprint density at radius 2 is 1.93 bits per heavy atom. The molecule has 0 spiro atoms. The van der Waals surface area contributed by atoms with Gasteiger partial charge in [0.05, 0.1) is 0 Å². The van der Waals surface area contributed by atoms with Crippen molar-refractivity contribution in [3.63, 3.8) is 0 Å². The van der Waals surface area contributed by atoms with Crippen LogP contribution in [0.5, 0.6) is 0 Å². The fourth-order valence-electron chi connectivity index (χ4n) is 1.14. The first-order valence-electron chi connectivity index (χ1n) is 4.20.